The predicted octanol–water partition coefficient (Wildman–Crippen LogP) is 0.520. The minimum Gasteiger partial charge on any atom is -0.369 e. The van der Waals surface area contributed by atoms with Crippen molar-refractivity contribution >= 4 is 17.6 Å². The Labute approximate surface area is 107 Å². The number of rotatable bonds is 7. The Bertz CT molecular complexity index is 336. The molecule has 0 spiro atoms. The predicted molar refractivity (Wildman–Crippen MR) is 73.6 cm³/mol. The van der Waals surface area contributed by atoms with Gasteiger partial charge in [0.1, 0.15) is 5.82 Å². The van der Waals surface area contributed by atoms with Crippen molar-refractivity contribution in [3.8, 4) is 0 Å². The third-order valence-electron chi connectivity index (χ3n) is 3.01. The fourth-order valence-corrected chi connectivity index (χ4v) is 2.34. The highest BCUT2D eigenvalue weighted by molar-refractivity contribution is 7.98. The number of nitrogens with two attached hydrogens (primary N) is 1. The molecule has 0 bridgehead atoms. The molecule has 0 radical (unpaired) electrons. The summed E-state index contributed by atoms with van der Waals surface area (Å²) in [7, 11) is 0. The largest absolute Gasteiger partial charge is 0.369 e. The molecule has 1 aliphatic heterocycles. The van der Waals surface area contributed by atoms with Crippen molar-refractivity contribution in [3.05, 3.63) is 12.3 Å². The molecule has 4 N–H and O–H groups in total. The molecular formula is C11H21N5S. The van der Waals surface area contributed by atoms with E-state index in [1.54, 1.807) is 0 Å². The molecule has 1 aliphatic rings. The molecule has 5 nitrogen and oxygen atoms in total. The SMILES string of the molecule is CSCC[C@@H](N)CNc1ccnn1C1CNC1. The summed E-state index contributed by atoms with van der Waals surface area (Å²) in [5.74, 6) is 2.20. The van der Waals surface area contributed by atoms with Crippen LogP contribution in [0.2, 0.25) is 0 Å². The molecule has 17 heavy (non-hydrogen) atoms. The van der Waals surface area contributed by atoms with Crippen LogP contribution in [0.4, 0.5) is 5.82 Å². The molecule has 0 aliphatic carbocycles. The van der Waals surface area contributed by atoms with E-state index in [0.717, 1.165) is 37.6 Å². The summed E-state index contributed by atoms with van der Waals surface area (Å²) in [5, 5.41) is 11.0. The second-order valence-electron chi connectivity index (χ2n) is 4.40. The zero-order valence-corrected chi connectivity index (χ0v) is 11.0. The van der Waals surface area contributed by atoms with Crippen molar-refractivity contribution in [2.75, 3.05) is 37.0 Å². The molecule has 96 valence electrons. The minimum atomic E-state index is 0.213. The van der Waals surface area contributed by atoms with Gasteiger partial charge in [-0.2, -0.15) is 16.9 Å². The highest BCUT2D eigenvalue weighted by Crippen LogP contribution is 2.17. The maximum absolute atomic E-state index is 6.03. The average Bonchev–Trinajstić information content (AvgIpc) is 2.69. The van der Waals surface area contributed by atoms with Crippen LogP contribution in [0, 0.1) is 0 Å². The molecule has 6 heteroatoms. The highest BCUT2D eigenvalue weighted by atomic mass is 32.2. The molecule has 0 saturated carbocycles. The van der Waals surface area contributed by atoms with Gasteiger partial charge in [0.05, 0.1) is 12.2 Å². The van der Waals surface area contributed by atoms with Crippen molar-refractivity contribution in [1.82, 2.24) is 15.1 Å². The molecule has 1 aromatic rings. The fraction of sp³-hybridized carbons (Fsp3) is 0.727. The van der Waals surface area contributed by atoms with Gasteiger partial charge in [-0.05, 0) is 18.4 Å². The second kappa shape index (κ2) is 6.28. The first kappa shape index (κ1) is 12.7. The van der Waals surface area contributed by atoms with E-state index in [4.69, 9.17) is 5.73 Å². The summed E-state index contributed by atoms with van der Waals surface area (Å²) in [6.45, 7) is 2.83. The van der Waals surface area contributed by atoms with Gasteiger partial charge in [-0.1, -0.05) is 0 Å². The monoisotopic (exact) mass is 255 g/mol. The van der Waals surface area contributed by atoms with Crippen LogP contribution in [0.5, 0.6) is 0 Å². The smallest absolute Gasteiger partial charge is 0.124 e. The Hall–Kier alpha value is -0.720. The van der Waals surface area contributed by atoms with E-state index in [-0.39, 0.29) is 6.04 Å². The summed E-state index contributed by atoms with van der Waals surface area (Å²) in [5.41, 5.74) is 6.03. The lowest BCUT2D eigenvalue weighted by molar-refractivity contribution is 0.321. The quantitative estimate of drug-likeness (QED) is 0.663. The number of thioether (sulfide) groups is 1. The van der Waals surface area contributed by atoms with Crippen LogP contribution in [0.25, 0.3) is 0 Å². The van der Waals surface area contributed by atoms with E-state index in [2.05, 4.69) is 26.7 Å². The summed E-state index contributed by atoms with van der Waals surface area (Å²) in [6.07, 6.45) is 5.00. The number of hydrogen-bond acceptors (Lipinski definition) is 5. The second-order valence-corrected chi connectivity index (χ2v) is 5.38. The first-order valence-corrected chi connectivity index (χ1v) is 7.43. The van der Waals surface area contributed by atoms with Gasteiger partial charge in [0.2, 0.25) is 0 Å². The van der Waals surface area contributed by atoms with Crippen LogP contribution in [0.1, 0.15) is 12.5 Å². The standard InChI is InChI=1S/C11H21N5S/c1-17-5-3-9(12)6-14-11-2-4-15-16(11)10-7-13-8-10/h2,4,9-10,13-14H,3,5-8,12H2,1H3/t9-/m1/s1. The van der Waals surface area contributed by atoms with Gasteiger partial charge >= 0.3 is 0 Å². The van der Waals surface area contributed by atoms with Gasteiger partial charge in [0, 0.05) is 31.7 Å². The van der Waals surface area contributed by atoms with Gasteiger partial charge in [-0.3, -0.25) is 0 Å². The summed E-state index contributed by atoms with van der Waals surface area (Å²) in [6, 6.07) is 2.72. The molecular weight excluding hydrogens is 234 g/mol. The molecule has 1 aromatic heterocycles. The van der Waals surface area contributed by atoms with Crippen LogP contribution in [-0.4, -0.2) is 47.5 Å². The van der Waals surface area contributed by atoms with Crippen molar-refractivity contribution < 1.29 is 0 Å². The maximum Gasteiger partial charge on any atom is 0.124 e. The number of nitrogens with one attached hydrogen (secondary N) is 2. The number of aromatic nitrogens is 2. The lowest BCUT2D eigenvalue weighted by Gasteiger charge is -2.29. The van der Waals surface area contributed by atoms with E-state index >= 15 is 0 Å². The molecule has 2 heterocycles. The third kappa shape index (κ3) is 3.37. The lowest BCUT2D eigenvalue weighted by Crippen LogP contribution is -2.44. The van der Waals surface area contributed by atoms with Crippen molar-refractivity contribution in [2.24, 2.45) is 5.73 Å². The van der Waals surface area contributed by atoms with Crippen LogP contribution in [-0.2, 0) is 0 Å². The van der Waals surface area contributed by atoms with Gasteiger partial charge in [0.25, 0.3) is 0 Å². The zero-order valence-electron chi connectivity index (χ0n) is 10.2. The minimum absolute atomic E-state index is 0.213. The van der Waals surface area contributed by atoms with Gasteiger partial charge in [-0.25, -0.2) is 4.68 Å². The van der Waals surface area contributed by atoms with E-state index < -0.39 is 0 Å². The van der Waals surface area contributed by atoms with Crippen LogP contribution < -0.4 is 16.4 Å². The Kier molecular flexibility index (Phi) is 4.70. The first-order chi connectivity index (χ1) is 8.31. The van der Waals surface area contributed by atoms with E-state index in [1.165, 1.54) is 0 Å². The Morgan fingerprint density at radius 1 is 1.71 bits per heavy atom. The van der Waals surface area contributed by atoms with Crippen LogP contribution in [0.15, 0.2) is 12.3 Å². The van der Waals surface area contributed by atoms with Crippen molar-refractivity contribution in [1.29, 1.82) is 0 Å². The molecule has 0 unspecified atom stereocenters. The Morgan fingerprint density at radius 2 is 2.53 bits per heavy atom. The van der Waals surface area contributed by atoms with Crippen LogP contribution >= 0.6 is 11.8 Å². The molecule has 0 aromatic carbocycles. The van der Waals surface area contributed by atoms with E-state index in [1.807, 2.05) is 24.0 Å². The lowest BCUT2D eigenvalue weighted by atomic mass is 10.2. The summed E-state index contributed by atoms with van der Waals surface area (Å²) in [4.78, 5) is 0. The fourth-order valence-electron chi connectivity index (χ4n) is 1.80. The topological polar surface area (TPSA) is 67.9 Å². The van der Waals surface area contributed by atoms with Gasteiger partial charge < -0.3 is 16.4 Å². The molecule has 1 atom stereocenters. The highest BCUT2D eigenvalue weighted by Gasteiger charge is 2.21. The number of hydrogen-bond donors (Lipinski definition) is 3. The zero-order chi connectivity index (χ0) is 12.1. The van der Waals surface area contributed by atoms with Gasteiger partial charge in [0.15, 0.2) is 0 Å². The number of nitrogens with zero attached hydrogens (tertiary/aromatic N) is 2. The van der Waals surface area contributed by atoms with E-state index in [0.29, 0.717) is 6.04 Å². The molecule has 1 fully saturated rings. The summed E-state index contributed by atoms with van der Waals surface area (Å²) < 4.78 is 2.05. The summed E-state index contributed by atoms with van der Waals surface area (Å²) >= 11 is 1.84. The molecule has 1 saturated heterocycles. The first-order valence-electron chi connectivity index (χ1n) is 6.04. The normalized spacial score (nSPS) is 17.8. The maximum atomic E-state index is 6.03. The van der Waals surface area contributed by atoms with Crippen molar-refractivity contribution in [3.63, 3.8) is 0 Å². The van der Waals surface area contributed by atoms with Crippen molar-refractivity contribution in [2.45, 2.75) is 18.5 Å². The number of anilines is 1. The Balaban J connectivity index is 1.80. The third-order valence-corrected chi connectivity index (χ3v) is 3.66. The van der Waals surface area contributed by atoms with Crippen LogP contribution in [0.3, 0.4) is 0 Å². The molecule has 2 rings (SSSR count). The van der Waals surface area contributed by atoms with Gasteiger partial charge in [-0.15, -0.1) is 0 Å². The Morgan fingerprint density at radius 3 is 3.18 bits per heavy atom. The average molecular weight is 255 g/mol. The molecule has 0 amide bonds. The van der Waals surface area contributed by atoms with E-state index in [9.17, 15) is 0 Å².